The second-order valence-corrected chi connectivity index (χ2v) is 6.52. The van der Waals surface area contributed by atoms with E-state index in [0.29, 0.717) is 18.5 Å². The highest BCUT2D eigenvalue weighted by Gasteiger charge is 2.09. The van der Waals surface area contributed by atoms with Gasteiger partial charge in [-0.2, -0.15) is 0 Å². The van der Waals surface area contributed by atoms with Gasteiger partial charge in [0, 0.05) is 12.8 Å². The van der Waals surface area contributed by atoms with Gasteiger partial charge in [-0.1, -0.05) is 64.7 Å². The molecule has 0 heterocycles. The summed E-state index contributed by atoms with van der Waals surface area (Å²) in [5.41, 5.74) is 0.353. The molecular formula is C19H35NO4. The number of carboxylic acid groups (broad SMARTS) is 1. The monoisotopic (exact) mass is 341 g/mol. The van der Waals surface area contributed by atoms with Gasteiger partial charge < -0.3 is 5.11 Å². The van der Waals surface area contributed by atoms with Gasteiger partial charge in [-0.3, -0.25) is 14.9 Å². The SMILES string of the molecule is CCCCCCCCCC=C(CCCCCCCC(=O)O)[N+](=O)[O-]. The molecule has 0 fully saturated rings. The van der Waals surface area contributed by atoms with Crippen molar-refractivity contribution >= 4 is 5.97 Å². The van der Waals surface area contributed by atoms with Gasteiger partial charge in [0.1, 0.15) is 0 Å². The lowest BCUT2D eigenvalue weighted by molar-refractivity contribution is -0.428. The van der Waals surface area contributed by atoms with Crippen molar-refractivity contribution in [2.24, 2.45) is 0 Å². The van der Waals surface area contributed by atoms with E-state index in [2.05, 4.69) is 6.92 Å². The number of rotatable bonds is 17. The number of aliphatic carboxylic acids is 1. The number of carboxylic acids is 1. The van der Waals surface area contributed by atoms with E-state index < -0.39 is 5.97 Å². The van der Waals surface area contributed by atoms with Crippen LogP contribution in [0.4, 0.5) is 0 Å². The number of hydrogen-bond donors (Lipinski definition) is 1. The normalized spacial score (nSPS) is 11.6. The molecule has 1 N–H and O–H groups in total. The molecule has 0 saturated heterocycles. The van der Waals surface area contributed by atoms with Crippen molar-refractivity contribution < 1.29 is 14.8 Å². The average Bonchev–Trinajstić information content (AvgIpc) is 2.53. The van der Waals surface area contributed by atoms with E-state index in [1.807, 2.05) is 0 Å². The number of allylic oxidation sites excluding steroid dienone is 2. The van der Waals surface area contributed by atoms with Crippen LogP contribution >= 0.6 is 0 Å². The lowest BCUT2D eigenvalue weighted by atomic mass is 10.1. The van der Waals surface area contributed by atoms with Gasteiger partial charge in [0.25, 0.3) is 0 Å². The zero-order chi connectivity index (χ0) is 18.0. The number of unbranched alkanes of at least 4 members (excludes halogenated alkanes) is 11. The molecule has 0 radical (unpaired) electrons. The molecule has 0 aliphatic heterocycles. The van der Waals surface area contributed by atoms with E-state index in [4.69, 9.17) is 5.11 Å². The molecular weight excluding hydrogens is 306 g/mol. The fourth-order valence-corrected chi connectivity index (χ4v) is 2.75. The van der Waals surface area contributed by atoms with Crippen molar-refractivity contribution in [1.29, 1.82) is 0 Å². The van der Waals surface area contributed by atoms with Crippen molar-refractivity contribution in [3.05, 3.63) is 21.9 Å². The van der Waals surface area contributed by atoms with Gasteiger partial charge in [0.2, 0.25) is 5.70 Å². The Morgan fingerprint density at radius 1 is 0.875 bits per heavy atom. The largest absolute Gasteiger partial charge is 0.481 e. The van der Waals surface area contributed by atoms with Crippen molar-refractivity contribution in [3.8, 4) is 0 Å². The minimum Gasteiger partial charge on any atom is -0.481 e. The summed E-state index contributed by atoms with van der Waals surface area (Å²) in [7, 11) is 0. The summed E-state index contributed by atoms with van der Waals surface area (Å²) < 4.78 is 0. The molecule has 0 aromatic carbocycles. The smallest absolute Gasteiger partial charge is 0.303 e. The zero-order valence-electron chi connectivity index (χ0n) is 15.3. The molecule has 0 aliphatic rings. The fraction of sp³-hybridized carbons (Fsp3) is 0.842. The first-order valence-electron chi connectivity index (χ1n) is 9.63. The molecule has 0 saturated carbocycles. The molecule has 5 heteroatoms. The van der Waals surface area contributed by atoms with Crippen molar-refractivity contribution in [3.63, 3.8) is 0 Å². The first-order chi connectivity index (χ1) is 11.6. The Morgan fingerprint density at radius 3 is 1.92 bits per heavy atom. The Hall–Kier alpha value is -1.39. The predicted molar refractivity (Wildman–Crippen MR) is 97.6 cm³/mol. The summed E-state index contributed by atoms with van der Waals surface area (Å²) in [4.78, 5) is 21.2. The summed E-state index contributed by atoms with van der Waals surface area (Å²) in [6.45, 7) is 2.21. The Labute approximate surface area is 146 Å². The van der Waals surface area contributed by atoms with Gasteiger partial charge in [-0.25, -0.2) is 0 Å². The second-order valence-electron chi connectivity index (χ2n) is 6.52. The van der Waals surface area contributed by atoms with Crippen LogP contribution in [-0.2, 0) is 4.79 Å². The maximum atomic E-state index is 11.1. The Bertz CT molecular complexity index is 366. The maximum Gasteiger partial charge on any atom is 0.303 e. The lowest BCUT2D eigenvalue weighted by Gasteiger charge is -2.02. The maximum absolute atomic E-state index is 11.1. The van der Waals surface area contributed by atoms with E-state index >= 15 is 0 Å². The van der Waals surface area contributed by atoms with Crippen LogP contribution in [0, 0.1) is 10.1 Å². The molecule has 5 nitrogen and oxygen atoms in total. The third-order valence-electron chi connectivity index (χ3n) is 4.25. The van der Waals surface area contributed by atoms with Crippen molar-refractivity contribution in [1.82, 2.24) is 0 Å². The predicted octanol–water partition coefficient (Wildman–Crippen LogP) is 6.10. The molecule has 0 spiro atoms. The Morgan fingerprint density at radius 2 is 1.38 bits per heavy atom. The topological polar surface area (TPSA) is 80.4 Å². The fourth-order valence-electron chi connectivity index (χ4n) is 2.75. The lowest BCUT2D eigenvalue weighted by Crippen LogP contribution is -1.99. The molecule has 0 aliphatic carbocycles. The molecule has 0 amide bonds. The Kier molecular flexibility index (Phi) is 15.5. The van der Waals surface area contributed by atoms with Crippen LogP contribution < -0.4 is 0 Å². The van der Waals surface area contributed by atoms with Gasteiger partial charge in [0.05, 0.1) is 4.92 Å². The van der Waals surface area contributed by atoms with Crippen LogP contribution in [0.1, 0.15) is 103 Å². The molecule has 24 heavy (non-hydrogen) atoms. The summed E-state index contributed by atoms with van der Waals surface area (Å²) in [6, 6.07) is 0. The third-order valence-corrected chi connectivity index (χ3v) is 4.25. The van der Waals surface area contributed by atoms with Crippen LogP contribution in [0.25, 0.3) is 0 Å². The molecule has 0 rings (SSSR count). The molecule has 0 aromatic rings. The van der Waals surface area contributed by atoms with Crippen LogP contribution in [-0.4, -0.2) is 16.0 Å². The minimum absolute atomic E-state index is 0.221. The van der Waals surface area contributed by atoms with Gasteiger partial charge in [-0.05, 0) is 31.8 Å². The van der Waals surface area contributed by atoms with Crippen molar-refractivity contribution in [2.45, 2.75) is 103 Å². The van der Waals surface area contributed by atoms with Gasteiger partial charge in [0.15, 0.2) is 0 Å². The summed E-state index contributed by atoms with van der Waals surface area (Å²) in [5, 5.41) is 19.6. The van der Waals surface area contributed by atoms with E-state index in [-0.39, 0.29) is 11.3 Å². The molecule has 0 unspecified atom stereocenters. The van der Waals surface area contributed by atoms with E-state index in [0.717, 1.165) is 44.9 Å². The standard InChI is InChI=1S/C19H35NO4/c1-2-3-4-5-6-7-9-12-15-18(20(23)24)16-13-10-8-11-14-17-19(21)22/h15H,2-14,16-17H2,1H3,(H,21,22). The summed E-state index contributed by atoms with van der Waals surface area (Å²) in [5.74, 6) is -0.751. The second kappa shape index (κ2) is 16.5. The first kappa shape index (κ1) is 22.6. The molecule has 0 aromatic heterocycles. The zero-order valence-corrected chi connectivity index (χ0v) is 15.3. The quantitative estimate of drug-likeness (QED) is 0.197. The van der Waals surface area contributed by atoms with E-state index in [9.17, 15) is 14.9 Å². The van der Waals surface area contributed by atoms with Gasteiger partial charge in [-0.15, -0.1) is 0 Å². The van der Waals surface area contributed by atoms with Crippen LogP contribution in [0.2, 0.25) is 0 Å². The number of nitro groups is 1. The van der Waals surface area contributed by atoms with Gasteiger partial charge >= 0.3 is 5.97 Å². The Balaban J connectivity index is 3.69. The summed E-state index contributed by atoms with van der Waals surface area (Å²) in [6.07, 6.45) is 16.2. The number of hydrogen-bond acceptors (Lipinski definition) is 3. The molecule has 0 bridgehead atoms. The first-order valence-corrected chi connectivity index (χ1v) is 9.63. The highest BCUT2D eigenvalue weighted by atomic mass is 16.6. The summed E-state index contributed by atoms with van der Waals surface area (Å²) >= 11 is 0. The van der Waals surface area contributed by atoms with Crippen LogP contribution in [0.3, 0.4) is 0 Å². The van der Waals surface area contributed by atoms with Crippen molar-refractivity contribution in [2.75, 3.05) is 0 Å². The molecule has 0 atom stereocenters. The molecule has 140 valence electrons. The average molecular weight is 341 g/mol. The minimum atomic E-state index is -0.751. The van der Waals surface area contributed by atoms with E-state index in [1.54, 1.807) is 6.08 Å². The highest BCUT2D eigenvalue weighted by molar-refractivity contribution is 5.66. The van der Waals surface area contributed by atoms with Crippen LogP contribution in [0.5, 0.6) is 0 Å². The third kappa shape index (κ3) is 15.5. The number of carbonyl (C=O) groups is 1. The highest BCUT2D eigenvalue weighted by Crippen LogP contribution is 2.15. The van der Waals surface area contributed by atoms with Crippen LogP contribution in [0.15, 0.2) is 11.8 Å². The number of nitrogens with zero attached hydrogens (tertiary/aromatic N) is 1. The van der Waals surface area contributed by atoms with E-state index in [1.165, 1.54) is 32.1 Å².